The van der Waals surface area contributed by atoms with Gasteiger partial charge in [0.25, 0.3) is 5.91 Å². The minimum Gasteiger partial charge on any atom is -0.491 e. The Morgan fingerprint density at radius 2 is 1.25 bits per heavy atom. The molecule has 0 spiro atoms. The topological polar surface area (TPSA) is 90.1 Å². The maximum absolute atomic E-state index is 14.0. The normalized spacial score (nSPS) is 16.4. The lowest BCUT2D eigenvalue weighted by molar-refractivity contribution is 0.0735. The van der Waals surface area contributed by atoms with Crippen LogP contribution in [0.5, 0.6) is 17.2 Å². The molecule has 0 N–H and O–H groups in total. The molecule has 8 heteroatoms. The minimum absolute atomic E-state index is 0.106. The molecule has 2 heterocycles. The quantitative estimate of drug-likeness (QED) is 0.0493. The van der Waals surface area contributed by atoms with Crippen molar-refractivity contribution in [3.8, 4) is 17.2 Å². The molecular weight excluding hydrogens is 606 g/mol. The summed E-state index contributed by atoms with van der Waals surface area (Å²) in [5, 5.41) is 3.82. The summed E-state index contributed by atoms with van der Waals surface area (Å²) in [5.74, 6) is 1.34. The van der Waals surface area contributed by atoms with Crippen LogP contribution < -0.4 is 19.1 Å². The predicted molar refractivity (Wildman–Crippen MR) is 186 cm³/mol. The molecule has 8 nitrogen and oxygen atoms in total. The van der Waals surface area contributed by atoms with Gasteiger partial charge in [-0.3, -0.25) is 4.79 Å². The van der Waals surface area contributed by atoms with E-state index in [2.05, 4.69) is 6.92 Å². The van der Waals surface area contributed by atoms with Gasteiger partial charge >= 0.3 is 5.97 Å². The van der Waals surface area contributed by atoms with E-state index in [-0.39, 0.29) is 18.1 Å². The van der Waals surface area contributed by atoms with Gasteiger partial charge in [0.15, 0.2) is 0 Å². The Labute approximate surface area is 280 Å². The Balaban J connectivity index is 1.07. The standard InChI is InChI=1S/C40H39NO7/c1-2-3-4-5-17-41(39(42)31-11-9-29-20-34(15-13-27(29)18-31)44-23-37-25-46-37)33-7-6-8-36(22-33)48-40(43)32-12-10-30-21-35(16-14-28(30)19-32)45-24-38-26-47-38/h6-16,18-22,37-38H,2-5,17,23-26H2,1H3. The first-order valence-corrected chi connectivity index (χ1v) is 16.7. The van der Waals surface area contributed by atoms with Crippen molar-refractivity contribution in [2.75, 3.05) is 37.9 Å². The second kappa shape index (κ2) is 14.5. The van der Waals surface area contributed by atoms with Crippen molar-refractivity contribution >= 4 is 39.1 Å². The van der Waals surface area contributed by atoms with Crippen molar-refractivity contribution in [1.29, 1.82) is 0 Å². The highest BCUT2D eigenvalue weighted by Crippen LogP contribution is 2.29. The third-order valence-electron chi connectivity index (χ3n) is 8.60. The molecule has 0 saturated carbocycles. The van der Waals surface area contributed by atoms with Gasteiger partial charge < -0.3 is 28.6 Å². The molecule has 0 aliphatic carbocycles. The lowest BCUT2D eigenvalue weighted by Crippen LogP contribution is -2.32. The first kappa shape index (κ1) is 31.7. The summed E-state index contributed by atoms with van der Waals surface area (Å²) in [6.45, 7) is 5.28. The van der Waals surface area contributed by atoms with Crippen LogP contribution in [0, 0.1) is 0 Å². The molecule has 2 atom stereocenters. The van der Waals surface area contributed by atoms with E-state index in [1.807, 2.05) is 78.9 Å². The molecule has 0 aromatic heterocycles. The van der Waals surface area contributed by atoms with Crippen molar-refractivity contribution in [2.24, 2.45) is 0 Å². The van der Waals surface area contributed by atoms with Gasteiger partial charge in [-0.05, 0) is 88.6 Å². The van der Waals surface area contributed by atoms with Crippen molar-refractivity contribution in [2.45, 2.75) is 44.8 Å². The molecule has 0 radical (unpaired) electrons. The van der Waals surface area contributed by atoms with Crippen molar-refractivity contribution in [3.63, 3.8) is 0 Å². The number of nitrogens with zero attached hydrogens (tertiary/aromatic N) is 1. The van der Waals surface area contributed by atoms with Crippen LogP contribution in [0.4, 0.5) is 5.69 Å². The molecule has 5 aromatic rings. The number of ether oxygens (including phenoxy) is 5. The van der Waals surface area contributed by atoms with E-state index in [1.54, 1.807) is 23.1 Å². The van der Waals surface area contributed by atoms with Gasteiger partial charge in [-0.1, -0.05) is 56.5 Å². The van der Waals surface area contributed by atoms with E-state index in [0.717, 1.165) is 71.9 Å². The Bertz CT molecular complexity index is 1930. The van der Waals surface area contributed by atoms with Crippen LogP contribution in [0.1, 0.15) is 53.3 Å². The van der Waals surface area contributed by atoms with E-state index >= 15 is 0 Å². The summed E-state index contributed by atoms with van der Waals surface area (Å²) in [5.41, 5.74) is 1.70. The average Bonchev–Trinajstić information content (AvgIpc) is 4.05. The molecule has 0 bridgehead atoms. The number of esters is 1. The lowest BCUT2D eigenvalue weighted by Gasteiger charge is -2.24. The van der Waals surface area contributed by atoms with Crippen LogP contribution in [0.3, 0.4) is 0 Å². The highest BCUT2D eigenvalue weighted by molar-refractivity contribution is 6.08. The second-order valence-corrected chi connectivity index (χ2v) is 12.4. The lowest BCUT2D eigenvalue weighted by atomic mass is 10.0. The van der Waals surface area contributed by atoms with Gasteiger partial charge in [-0.15, -0.1) is 0 Å². The molecule has 48 heavy (non-hydrogen) atoms. The number of amides is 1. The zero-order valence-corrected chi connectivity index (χ0v) is 27.1. The van der Waals surface area contributed by atoms with E-state index in [4.69, 9.17) is 23.7 Å². The van der Waals surface area contributed by atoms with Gasteiger partial charge in [-0.2, -0.15) is 0 Å². The van der Waals surface area contributed by atoms with E-state index in [9.17, 15) is 9.59 Å². The molecule has 2 unspecified atom stereocenters. The van der Waals surface area contributed by atoms with Gasteiger partial charge in [0.2, 0.25) is 0 Å². The third-order valence-corrected chi connectivity index (χ3v) is 8.60. The van der Waals surface area contributed by atoms with Crippen LogP contribution in [0.25, 0.3) is 21.5 Å². The summed E-state index contributed by atoms with van der Waals surface area (Å²) in [4.78, 5) is 29.1. The zero-order chi connectivity index (χ0) is 32.9. The van der Waals surface area contributed by atoms with Gasteiger partial charge in [0, 0.05) is 23.9 Å². The summed E-state index contributed by atoms with van der Waals surface area (Å²) >= 11 is 0. The number of epoxide rings is 2. The van der Waals surface area contributed by atoms with E-state index in [1.165, 1.54) is 0 Å². The first-order valence-electron chi connectivity index (χ1n) is 16.7. The van der Waals surface area contributed by atoms with Crippen molar-refractivity contribution < 1.29 is 33.3 Å². The number of fused-ring (bicyclic) bond motifs is 2. The highest BCUT2D eigenvalue weighted by atomic mass is 16.6. The molecule has 2 saturated heterocycles. The third kappa shape index (κ3) is 7.95. The number of hydrogen-bond acceptors (Lipinski definition) is 7. The van der Waals surface area contributed by atoms with Crippen LogP contribution in [0.2, 0.25) is 0 Å². The van der Waals surface area contributed by atoms with Gasteiger partial charge in [0.1, 0.15) is 42.7 Å². The molecule has 2 fully saturated rings. The SMILES string of the molecule is CCCCCCN(C(=O)c1ccc2cc(OCC3CO3)ccc2c1)c1cccc(OC(=O)c2ccc3cc(OCC4CO4)ccc3c2)c1. The second-order valence-electron chi connectivity index (χ2n) is 12.4. The number of unbranched alkanes of at least 4 members (excludes halogenated alkanes) is 3. The Hall–Kier alpha value is -4.92. The van der Waals surface area contributed by atoms with Gasteiger partial charge in [0.05, 0.1) is 18.8 Å². The fraction of sp³-hybridized carbons (Fsp3) is 0.300. The summed E-state index contributed by atoms with van der Waals surface area (Å²) in [6.07, 6.45) is 4.45. The Kier molecular flexibility index (Phi) is 9.54. The number of benzene rings is 5. The maximum Gasteiger partial charge on any atom is 0.343 e. The monoisotopic (exact) mass is 645 g/mol. The largest absolute Gasteiger partial charge is 0.491 e. The van der Waals surface area contributed by atoms with Gasteiger partial charge in [-0.25, -0.2) is 4.79 Å². The highest BCUT2D eigenvalue weighted by Gasteiger charge is 2.24. The first-order chi connectivity index (χ1) is 23.5. The Morgan fingerprint density at radius 3 is 1.88 bits per heavy atom. The number of anilines is 1. The fourth-order valence-electron chi connectivity index (χ4n) is 5.68. The summed E-state index contributed by atoms with van der Waals surface area (Å²) < 4.78 is 27.9. The smallest absolute Gasteiger partial charge is 0.343 e. The average molecular weight is 646 g/mol. The number of carbonyl (C=O) groups excluding carboxylic acids is 2. The number of carbonyl (C=O) groups is 2. The Morgan fingerprint density at radius 1 is 0.667 bits per heavy atom. The maximum atomic E-state index is 14.0. The minimum atomic E-state index is -0.469. The van der Waals surface area contributed by atoms with Crippen LogP contribution in [-0.2, 0) is 9.47 Å². The van der Waals surface area contributed by atoms with Crippen LogP contribution >= 0.6 is 0 Å². The number of hydrogen-bond donors (Lipinski definition) is 0. The summed E-state index contributed by atoms with van der Waals surface area (Å²) in [7, 11) is 0. The number of rotatable bonds is 15. The van der Waals surface area contributed by atoms with E-state index in [0.29, 0.717) is 42.3 Å². The van der Waals surface area contributed by atoms with Crippen molar-refractivity contribution in [3.05, 3.63) is 108 Å². The molecule has 246 valence electrons. The molecule has 2 aliphatic heterocycles. The molecule has 1 amide bonds. The van der Waals surface area contributed by atoms with Crippen molar-refractivity contribution in [1.82, 2.24) is 0 Å². The molecule has 7 rings (SSSR count). The van der Waals surface area contributed by atoms with Crippen LogP contribution in [0.15, 0.2) is 97.1 Å². The van der Waals surface area contributed by atoms with Crippen LogP contribution in [-0.4, -0.2) is 57.1 Å². The fourth-order valence-corrected chi connectivity index (χ4v) is 5.68. The molecule has 5 aromatic carbocycles. The van der Waals surface area contributed by atoms with E-state index < -0.39 is 5.97 Å². The zero-order valence-electron chi connectivity index (χ0n) is 27.1. The molecule has 2 aliphatic rings. The summed E-state index contributed by atoms with van der Waals surface area (Å²) in [6, 6.07) is 30.0. The predicted octanol–water partition coefficient (Wildman–Crippen LogP) is 7.99. The molecular formula is C40H39NO7.